The van der Waals surface area contributed by atoms with E-state index in [9.17, 15) is 9.59 Å². The monoisotopic (exact) mass is 354 g/mol. The zero-order valence-electron chi connectivity index (χ0n) is 13.2. The van der Waals surface area contributed by atoms with Crippen LogP contribution in [0.5, 0.6) is 0 Å². The molecule has 2 N–H and O–H groups in total. The van der Waals surface area contributed by atoms with Crippen LogP contribution >= 0.6 is 11.6 Å². The molecule has 6 nitrogen and oxygen atoms in total. The van der Waals surface area contributed by atoms with Gasteiger partial charge in [0.25, 0.3) is 11.5 Å². The summed E-state index contributed by atoms with van der Waals surface area (Å²) >= 11 is 6.09. The molecule has 0 radical (unpaired) electrons. The Bertz CT molecular complexity index is 941. The minimum atomic E-state index is -0.534. The van der Waals surface area contributed by atoms with Gasteiger partial charge in [-0.15, -0.1) is 0 Å². The Morgan fingerprint density at radius 3 is 2.68 bits per heavy atom. The summed E-state index contributed by atoms with van der Waals surface area (Å²) in [5, 5.41) is 9.71. The van der Waals surface area contributed by atoms with E-state index in [2.05, 4.69) is 20.5 Å². The molecule has 1 amide bonds. The van der Waals surface area contributed by atoms with E-state index in [1.54, 1.807) is 30.6 Å². The molecule has 0 saturated heterocycles. The van der Waals surface area contributed by atoms with Crippen LogP contribution in [0, 0.1) is 0 Å². The normalized spacial score (nSPS) is 10.4. The quantitative estimate of drug-likeness (QED) is 0.736. The third-order valence-electron chi connectivity index (χ3n) is 3.66. The molecule has 0 spiro atoms. The lowest BCUT2D eigenvalue weighted by molar-refractivity contribution is 0.0952. The molecule has 0 aliphatic carbocycles. The molecule has 0 bridgehead atoms. The van der Waals surface area contributed by atoms with Gasteiger partial charge in [0.05, 0.1) is 5.69 Å². The molecule has 0 atom stereocenters. The first-order chi connectivity index (χ1) is 12.1. The van der Waals surface area contributed by atoms with Crippen molar-refractivity contribution in [3.8, 4) is 11.3 Å². The average molecular weight is 355 g/mol. The Labute approximate surface area is 148 Å². The van der Waals surface area contributed by atoms with Gasteiger partial charge in [-0.25, -0.2) is 5.10 Å². The lowest BCUT2D eigenvalue weighted by Crippen LogP contribution is -2.31. The number of carbonyl (C=O) groups excluding carboxylic acids is 1. The first-order valence-electron chi connectivity index (χ1n) is 7.67. The summed E-state index contributed by atoms with van der Waals surface area (Å²) in [5.74, 6) is -0.453. The molecule has 25 heavy (non-hydrogen) atoms. The summed E-state index contributed by atoms with van der Waals surface area (Å²) in [5.41, 5.74) is 1.68. The van der Waals surface area contributed by atoms with Crippen LogP contribution in [-0.4, -0.2) is 27.6 Å². The average Bonchev–Trinajstić information content (AvgIpc) is 2.64. The highest BCUT2D eigenvalue weighted by atomic mass is 35.5. The van der Waals surface area contributed by atoms with Crippen LogP contribution in [0.4, 0.5) is 0 Å². The van der Waals surface area contributed by atoms with Crippen molar-refractivity contribution >= 4 is 17.5 Å². The zero-order chi connectivity index (χ0) is 17.6. The number of rotatable bonds is 5. The third-order valence-corrected chi connectivity index (χ3v) is 4.03. The summed E-state index contributed by atoms with van der Waals surface area (Å²) in [4.78, 5) is 28.2. The zero-order valence-corrected chi connectivity index (χ0v) is 14.0. The first kappa shape index (κ1) is 16.9. The minimum absolute atomic E-state index is 0.0148. The fraction of sp³-hybridized carbons (Fsp3) is 0.111. The number of aromatic nitrogens is 3. The second-order valence-corrected chi connectivity index (χ2v) is 5.74. The number of nitrogens with zero attached hydrogens (tertiary/aromatic N) is 2. The van der Waals surface area contributed by atoms with E-state index in [1.165, 1.54) is 6.07 Å². The maximum Gasteiger partial charge on any atom is 0.277 e. The molecule has 3 aromatic rings. The standard InChI is InChI=1S/C18H15ClN4O2/c19-15-4-2-1-3-12(15)7-10-21-17(24)14-11-16(22-23-18(14)25)13-5-8-20-9-6-13/h1-6,8-9,11H,7,10H2,(H,21,24)(H,23,25). The van der Waals surface area contributed by atoms with E-state index >= 15 is 0 Å². The number of H-pyrrole nitrogens is 1. The molecule has 0 saturated carbocycles. The summed E-state index contributed by atoms with van der Waals surface area (Å²) in [6.45, 7) is 0.370. The van der Waals surface area contributed by atoms with Crippen molar-refractivity contribution in [2.24, 2.45) is 0 Å². The summed E-state index contributed by atoms with van der Waals surface area (Å²) in [7, 11) is 0. The van der Waals surface area contributed by atoms with Gasteiger partial charge in [0.1, 0.15) is 5.56 Å². The number of amides is 1. The molecule has 0 aliphatic rings. The second kappa shape index (κ2) is 7.72. The molecule has 2 aromatic heterocycles. The molecule has 3 rings (SSSR count). The van der Waals surface area contributed by atoms with Gasteiger partial charge < -0.3 is 5.32 Å². The van der Waals surface area contributed by atoms with Crippen LogP contribution in [0.25, 0.3) is 11.3 Å². The van der Waals surface area contributed by atoms with Crippen LogP contribution in [0.15, 0.2) is 59.7 Å². The van der Waals surface area contributed by atoms with Crippen LogP contribution < -0.4 is 10.9 Å². The molecule has 7 heteroatoms. The van der Waals surface area contributed by atoms with Crippen molar-refractivity contribution < 1.29 is 4.79 Å². The Hall–Kier alpha value is -2.99. The van der Waals surface area contributed by atoms with Gasteiger partial charge in [-0.1, -0.05) is 29.8 Å². The number of hydrogen-bond acceptors (Lipinski definition) is 4. The van der Waals surface area contributed by atoms with Crippen molar-refractivity contribution in [2.75, 3.05) is 6.54 Å². The van der Waals surface area contributed by atoms with E-state index < -0.39 is 11.5 Å². The van der Waals surface area contributed by atoms with Crippen LogP contribution in [0.3, 0.4) is 0 Å². The molecule has 0 aliphatic heterocycles. The van der Waals surface area contributed by atoms with Crippen molar-refractivity contribution in [3.05, 3.63) is 81.4 Å². The lowest BCUT2D eigenvalue weighted by atomic mass is 10.1. The van der Waals surface area contributed by atoms with Gasteiger partial charge in [-0.05, 0) is 36.2 Å². The Morgan fingerprint density at radius 1 is 1.16 bits per heavy atom. The third kappa shape index (κ3) is 4.10. The minimum Gasteiger partial charge on any atom is -0.352 e. The van der Waals surface area contributed by atoms with Crippen molar-refractivity contribution in [3.63, 3.8) is 0 Å². The predicted molar refractivity (Wildman–Crippen MR) is 95.6 cm³/mol. The molecule has 1 aromatic carbocycles. The molecule has 0 unspecified atom stereocenters. The fourth-order valence-corrected chi connectivity index (χ4v) is 2.58. The summed E-state index contributed by atoms with van der Waals surface area (Å²) < 4.78 is 0. The Kier molecular flexibility index (Phi) is 5.20. The van der Waals surface area contributed by atoms with E-state index in [-0.39, 0.29) is 5.56 Å². The van der Waals surface area contributed by atoms with Crippen molar-refractivity contribution in [1.29, 1.82) is 0 Å². The molecule has 2 heterocycles. The number of aromatic amines is 1. The molecule has 126 valence electrons. The molecular weight excluding hydrogens is 340 g/mol. The number of hydrogen-bond donors (Lipinski definition) is 2. The van der Waals surface area contributed by atoms with Gasteiger partial charge in [-0.3, -0.25) is 14.6 Å². The maximum absolute atomic E-state index is 12.3. The SMILES string of the molecule is O=C(NCCc1ccccc1Cl)c1cc(-c2ccncc2)n[nH]c1=O. The largest absolute Gasteiger partial charge is 0.352 e. The van der Waals surface area contributed by atoms with Crippen LogP contribution in [-0.2, 0) is 6.42 Å². The van der Waals surface area contributed by atoms with Gasteiger partial charge in [0.15, 0.2) is 0 Å². The maximum atomic E-state index is 12.3. The summed E-state index contributed by atoms with van der Waals surface area (Å²) in [6, 6.07) is 12.4. The number of pyridine rings is 1. The van der Waals surface area contributed by atoms with Crippen LogP contribution in [0.1, 0.15) is 15.9 Å². The molecular formula is C18H15ClN4O2. The van der Waals surface area contributed by atoms with E-state index in [0.717, 1.165) is 11.1 Å². The van der Waals surface area contributed by atoms with Gasteiger partial charge >= 0.3 is 0 Å². The van der Waals surface area contributed by atoms with E-state index in [4.69, 9.17) is 11.6 Å². The van der Waals surface area contributed by atoms with Gasteiger partial charge in [0, 0.05) is 29.5 Å². The lowest BCUT2D eigenvalue weighted by Gasteiger charge is -2.07. The topological polar surface area (TPSA) is 87.7 Å². The smallest absolute Gasteiger partial charge is 0.277 e. The number of nitrogens with one attached hydrogen (secondary N) is 2. The highest BCUT2D eigenvalue weighted by Gasteiger charge is 2.13. The number of halogens is 1. The Morgan fingerprint density at radius 2 is 1.92 bits per heavy atom. The fourth-order valence-electron chi connectivity index (χ4n) is 2.35. The highest BCUT2D eigenvalue weighted by Crippen LogP contribution is 2.15. The van der Waals surface area contributed by atoms with E-state index in [0.29, 0.717) is 23.7 Å². The highest BCUT2D eigenvalue weighted by molar-refractivity contribution is 6.31. The van der Waals surface area contributed by atoms with Crippen LogP contribution in [0.2, 0.25) is 5.02 Å². The van der Waals surface area contributed by atoms with Crippen molar-refractivity contribution in [1.82, 2.24) is 20.5 Å². The van der Waals surface area contributed by atoms with Gasteiger partial charge in [0.2, 0.25) is 0 Å². The van der Waals surface area contributed by atoms with E-state index in [1.807, 2.05) is 18.2 Å². The van der Waals surface area contributed by atoms with Gasteiger partial charge in [-0.2, -0.15) is 5.10 Å². The molecule has 0 fully saturated rings. The second-order valence-electron chi connectivity index (χ2n) is 5.33. The predicted octanol–water partition coefficient (Wildman–Crippen LogP) is 2.46. The number of carbonyl (C=O) groups is 1. The van der Waals surface area contributed by atoms with Crippen molar-refractivity contribution in [2.45, 2.75) is 6.42 Å². The number of benzene rings is 1. The first-order valence-corrected chi connectivity index (χ1v) is 8.04. The Balaban J connectivity index is 1.72. The summed E-state index contributed by atoms with van der Waals surface area (Å²) in [6.07, 6.45) is 3.81.